The second-order valence-electron chi connectivity index (χ2n) is 5.56. The number of nitrogens with one attached hydrogen (secondary N) is 3. The van der Waals surface area contributed by atoms with E-state index < -0.39 is 0 Å². The van der Waals surface area contributed by atoms with Crippen molar-refractivity contribution in [2.75, 3.05) is 26.2 Å². The summed E-state index contributed by atoms with van der Waals surface area (Å²) in [4.78, 5) is 16.7. The van der Waals surface area contributed by atoms with Gasteiger partial charge in [-0.15, -0.1) is 0 Å². The van der Waals surface area contributed by atoms with E-state index in [0.29, 0.717) is 29.6 Å². The van der Waals surface area contributed by atoms with Crippen LogP contribution in [-0.4, -0.2) is 38.0 Å². The molecule has 0 unspecified atom stereocenters. The molecule has 134 valence electrons. The number of halogens is 1. The maximum atomic E-state index is 12.1. The molecule has 1 aromatic carbocycles. The predicted molar refractivity (Wildman–Crippen MR) is 102 cm³/mol. The van der Waals surface area contributed by atoms with Crippen LogP contribution in [0.1, 0.15) is 44.0 Å². The molecule has 0 heterocycles. The second kappa shape index (κ2) is 11.7. The molecule has 5 nitrogen and oxygen atoms in total. The Kier molecular flexibility index (Phi) is 9.92. The van der Waals surface area contributed by atoms with Crippen molar-refractivity contribution in [1.29, 1.82) is 0 Å². The molecule has 24 heavy (non-hydrogen) atoms. The number of rotatable bonds is 9. The minimum absolute atomic E-state index is 0.165. The van der Waals surface area contributed by atoms with Crippen LogP contribution in [0, 0.1) is 5.92 Å². The van der Waals surface area contributed by atoms with Gasteiger partial charge in [0, 0.05) is 26.2 Å². The van der Waals surface area contributed by atoms with Gasteiger partial charge in [-0.25, -0.2) is 0 Å². The highest BCUT2D eigenvalue weighted by molar-refractivity contribution is 6.33. The Hall–Kier alpha value is -1.75. The summed E-state index contributed by atoms with van der Waals surface area (Å²) in [5.74, 6) is 1.23. The first-order chi connectivity index (χ1) is 11.6. The summed E-state index contributed by atoms with van der Waals surface area (Å²) in [6.45, 7) is 9.13. The summed E-state index contributed by atoms with van der Waals surface area (Å²) in [7, 11) is 0. The predicted octanol–water partition coefficient (Wildman–Crippen LogP) is 3.06. The molecule has 1 aromatic rings. The zero-order valence-electron chi connectivity index (χ0n) is 14.9. The number of carbonyl (C=O) groups is 1. The fourth-order valence-electron chi connectivity index (χ4n) is 2.21. The molecule has 0 spiro atoms. The summed E-state index contributed by atoms with van der Waals surface area (Å²) >= 11 is 6.02. The van der Waals surface area contributed by atoms with Crippen LogP contribution in [0.3, 0.4) is 0 Å². The highest BCUT2D eigenvalue weighted by Crippen LogP contribution is 2.14. The average Bonchev–Trinajstić information content (AvgIpc) is 2.59. The molecule has 0 aliphatic rings. The van der Waals surface area contributed by atoms with Crippen molar-refractivity contribution in [2.24, 2.45) is 10.9 Å². The SMILES string of the molecule is CCNC(=NCC(CC)CC)NCCNC(=O)c1ccccc1Cl. The normalized spacial score (nSPS) is 11.5. The lowest BCUT2D eigenvalue weighted by Gasteiger charge is -2.14. The number of aliphatic imine (C=N–C) groups is 1. The molecule has 0 saturated heterocycles. The molecule has 0 atom stereocenters. The maximum absolute atomic E-state index is 12.1. The average molecular weight is 353 g/mol. The zero-order valence-corrected chi connectivity index (χ0v) is 15.6. The molecule has 1 amide bonds. The molecule has 0 radical (unpaired) electrons. The molecule has 0 saturated carbocycles. The van der Waals surface area contributed by atoms with Gasteiger partial charge in [-0.1, -0.05) is 50.4 Å². The lowest BCUT2D eigenvalue weighted by molar-refractivity contribution is 0.0954. The van der Waals surface area contributed by atoms with E-state index in [1.807, 2.05) is 6.92 Å². The molecule has 0 aliphatic carbocycles. The van der Waals surface area contributed by atoms with Gasteiger partial charge in [0.15, 0.2) is 5.96 Å². The Balaban J connectivity index is 2.41. The first kappa shape index (κ1) is 20.3. The van der Waals surface area contributed by atoms with Crippen molar-refractivity contribution in [3.63, 3.8) is 0 Å². The number of hydrogen-bond donors (Lipinski definition) is 3. The monoisotopic (exact) mass is 352 g/mol. The zero-order chi connectivity index (χ0) is 17.8. The standard InChI is InChI=1S/C18H29ClN4O/c1-4-14(5-2)13-23-18(20-6-3)22-12-11-21-17(24)15-9-7-8-10-16(15)19/h7-10,14H,4-6,11-13H2,1-3H3,(H,21,24)(H2,20,22,23). The molecule has 3 N–H and O–H groups in total. The first-order valence-corrected chi connectivity index (χ1v) is 9.04. The van der Waals surface area contributed by atoms with Gasteiger partial charge >= 0.3 is 0 Å². The van der Waals surface area contributed by atoms with Crippen LogP contribution in [0.25, 0.3) is 0 Å². The summed E-state index contributed by atoms with van der Waals surface area (Å²) in [6, 6.07) is 7.03. The second-order valence-corrected chi connectivity index (χ2v) is 5.97. The minimum atomic E-state index is -0.165. The highest BCUT2D eigenvalue weighted by Gasteiger charge is 2.08. The smallest absolute Gasteiger partial charge is 0.252 e. The van der Waals surface area contributed by atoms with E-state index in [-0.39, 0.29) is 5.91 Å². The van der Waals surface area contributed by atoms with Gasteiger partial charge in [0.2, 0.25) is 0 Å². The molecule has 1 rings (SSSR count). The van der Waals surface area contributed by atoms with Crippen LogP contribution in [0.2, 0.25) is 5.02 Å². The van der Waals surface area contributed by atoms with E-state index in [1.165, 1.54) is 0 Å². The topological polar surface area (TPSA) is 65.5 Å². The van der Waals surface area contributed by atoms with E-state index in [0.717, 1.165) is 31.9 Å². The largest absolute Gasteiger partial charge is 0.357 e. The maximum Gasteiger partial charge on any atom is 0.252 e. The Bertz CT molecular complexity index is 530. The van der Waals surface area contributed by atoms with Gasteiger partial charge in [0.25, 0.3) is 5.91 Å². The van der Waals surface area contributed by atoms with E-state index in [9.17, 15) is 4.79 Å². The fraction of sp³-hybridized carbons (Fsp3) is 0.556. The van der Waals surface area contributed by atoms with Gasteiger partial charge in [-0.3, -0.25) is 9.79 Å². The molecule has 0 bridgehead atoms. The first-order valence-electron chi connectivity index (χ1n) is 8.67. The number of benzene rings is 1. The number of carbonyl (C=O) groups excluding carboxylic acids is 1. The Labute approximate surface area is 150 Å². The Morgan fingerprint density at radius 1 is 1.08 bits per heavy atom. The molecule has 0 aromatic heterocycles. The number of guanidine groups is 1. The van der Waals surface area contributed by atoms with Crippen molar-refractivity contribution in [3.8, 4) is 0 Å². The number of amides is 1. The molecular weight excluding hydrogens is 324 g/mol. The van der Waals surface area contributed by atoms with Gasteiger partial charge < -0.3 is 16.0 Å². The molecule has 0 fully saturated rings. The third kappa shape index (κ3) is 7.21. The number of hydrogen-bond acceptors (Lipinski definition) is 2. The summed E-state index contributed by atoms with van der Waals surface area (Å²) in [6.07, 6.45) is 2.26. The van der Waals surface area contributed by atoms with Crippen LogP contribution < -0.4 is 16.0 Å². The van der Waals surface area contributed by atoms with Crippen molar-refractivity contribution < 1.29 is 4.79 Å². The van der Waals surface area contributed by atoms with Gasteiger partial charge in [0.1, 0.15) is 0 Å². The lowest BCUT2D eigenvalue weighted by Crippen LogP contribution is -2.41. The van der Waals surface area contributed by atoms with E-state index >= 15 is 0 Å². The van der Waals surface area contributed by atoms with Crippen molar-refractivity contribution in [2.45, 2.75) is 33.6 Å². The van der Waals surface area contributed by atoms with E-state index in [2.05, 4.69) is 34.8 Å². The fourth-order valence-corrected chi connectivity index (χ4v) is 2.43. The van der Waals surface area contributed by atoms with Crippen LogP contribution in [0.5, 0.6) is 0 Å². The van der Waals surface area contributed by atoms with Crippen LogP contribution >= 0.6 is 11.6 Å². The minimum Gasteiger partial charge on any atom is -0.357 e. The van der Waals surface area contributed by atoms with Crippen molar-refractivity contribution in [3.05, 3.63) is 34.9 Å². The third-order valence-electron chi connectivity index (χ3n) is 3.83. The number of nitrogens with zero attached hydrogens (tertiary/aromatic N) is 1. The quantitative estimate of drug-likeness (QED) is 0.363. The Morgan fingerprint density at radius 3 is 2.38 bits per heavy atom. The third-order valence-corrected chi connectivity index (χ3v) is 4.16. The molecule has 6 heteroatoms. The molecule has 0 aliphatic heterocycles. The highest BCUT2D eigenvalue weighted by atomic mass is 35.5. The summed E-state index contributed by atoms with van der Waals surface area (Å²) in [5.41, 5.74) is 0.494. The van der Waals surface area contributed by atoms with Gasteiger partial charge in [-0.05, 0) is 25.0 Å². The Morgan fingerprint density at radius 2 is 1.75 bits per heavy atom. The van der Waals surface area contributed by atoms with Gasteiger partial charge in [0.05, 0.1) is 10.6 Å². The van der Waals surface area contributed by atoms with Crippen LogP contribution in [0.4, 0.5) is 0 Å². The van der Waals surface area contributed by atoms with Crippen LogP contribution in [-0.2, 0) is 0 Å². The van der Waals surface area contributed by atoms with E-state index in [1.54, 1.807) is 24.3 Å². The summed E-state index contributed by atoms with van der Waals surface area (Å²) in [5, 5.41) is 9.77. The van der Waals surface area contributed by atoms with Crippen molar-refractivity contribution >= 4 is 23.5 Å². The van der Waals surface area contributed by atoms with Crippen molar-refractivity contribution in [1.82, 2.24) is 16.0 Å². The van der Waals surface area contributed by atoms with Gasteiger partial charge in [-0.2, -0.15) is 0 Å². The van der Waals surface area contributed by atoms with E-state index in [4.69, 9.17) is 11.6 Å². The lowest BCUT2D eigenvalue weighted by atomic mass is 10.0. The summed E-state index contributed by atoms with van der Waals surface area (Å²) < 4.78 is 0. The van der Waals surface area contributed by atoms with Crippen LogP contribution in [0.15, 0.2) is 29.3 Å². The molecular formula is C18H29ClN4O.